The molecule has 2 N–H and O–H groups in total. The third-order valence-corrected chi connectivity index (χ3v) is 2.45. The Morgan fingerprint density at radius 1 is 1.40 bits per heavy atom. The third-order valence-electron chi connectivity index (χ3n) is 2.01. The zero-order valence-corrected chi connectivity index (χ0v) is 8.72. The summed E-state index contributed by atoms with van der Waals surface area (Å²) in [5.41, 5.74) is 0. The number of para-hydroxylation sites is 1. The molecular formula is C9H10NO4P. The lowest BCUT2D eigenvalue weighted by molar-refractivity contribution is 0.282. The highest BCUT2D eigenvalue weighted by molar-refractivity contribution is 7.46. The van der Waals surface area contributed by atoms with Gasteiger partial charge in [0.1, 0.15) is 5.36 Å². The summed E-state index contributed by atoms with van der Waals surface area (Å²) in [5.74, 6) is 0.136. The Morgan fingerprint density at radius 3 is 2.93 bits per heavy atom. The molecule has 0 atom stereocenters. The van der Waals surface area contributed by atoms with Crippen LogP contribution in [0.5, 0.6) is 5.75 Å². The van der Waals surface area contributed by atoms with Gasteiger partial charge in [-0.05, 0) is 17.7 Å². The molecule has 1 aliphatic heterocycles. The molecule has 1 aromatic rings. The lowest BCUT2D eigenvalue weighted by Crippen LogP contribution is -2.29. The molecule has 0 unspecified atom stereocenters. The summed E-state index contributed by atoms with van der Waals surface area (Å²) in [5, 5.41) is 1.37. The lowest BCUT2D eigenvalue weighted by Gasteiger charge is -2.08. The van der Waals surface area contributed by atoms with Crippen LogP contribution in [0.1, 0.15) is 6.42 Å². The normalized spacial score (nSPS) is 14.8. The number of hydrogen-bond acceptors (Lipinski definition) is 3. The minimum atomic E-state index is -4.51. The van der Waals surface area contributed by atoms with E-state index in [0.717, 1.165) is 11.6 Å². The zero-order valence-electron chi connectivity index (χ0n) is 7.83. The van der Waals surface area contributed by atoms with Crippen molar-refractivity contribution >= 4 is 13.9 Å². The maximum atomic E-state index is 10.7. The number of phosphoric acid groups is 1. The second kappa shape index (κ2) is 3.77. The number of phosphoric ester groups is 1. The van der Waals surface area contributed by atoms with Gasteiger partial charge in [0.2, 0.25) is 0 Å². The first-order valence-corrected chi connectivity index (χ1v) is 5.98. The number of fused-ring (bicyclic) bond motifs is 1. The van der Waals surface area contributed by atoms with E-state index in [0.29, 0.717) is 11.9 Å². The highest BCUT2D eigenvalue weighted by Gasteiger charge is 2.17. The van der Waals surface area contributed by atoms with Gasteiger partial charge < -0.3 is 4.52 Å². The van der Waals surface area contributed by atoms with Gasteiger partial charge in [-0.15, -0.1) is 0 Å². The Bertz CT molecular complexity index is 534. The van der Waals surface area contributed by atoms with E-state index in [2.05, 4.69) is 9.52 Å². The first-order valence-electron chi connectivity index (χ1n) is 4.45. The van der Waals surface area contributed by atoms with Crippen LogP contribution < -0.4 is 15.1 Å². The van der Waals surface area contributed by atoms with Gasteiger partial charge in [-0.3, -0.25) is 14.8 Å². The van der Waals surface area contributed by atoms with Gasteiger partial charge in [0.15, 0.2) is 5.75 Å². The number of hydrogen-bond donors (Lipinski definition) is 2. The molecule has 0 aliphatic carbocycles. The Balaban J connectivity index is 2.55. The van der Waals surface area contributed by atoms with E-state index in [1.165, 1.54) is 6.07 Å². The number of nitrogens with zero attached hydrogens (tertiary/aromatic N) is 1. The van der Waals surface area contributed by atoms with Crippen LogP contribution in [0.25, 0.3) is 6.08 Å². The summed E-state index contributed by atoms with van der Waals surface area (Å²) in [6.07, 6.45) is 2.81. The van der Waals surface area contributed by atoms with E-state index in [4.69, 9.17) is 9.79 Å². The monoisotopic (exact) mass is 227 g/mol. The first kappa shape index (κ1) is 10.4. The Hall–Kier alpha value is -1.16. The van der Waals surface area contributed by atoms with E-state index in [-0.39, 0.29) is 5.75 Å². The van der Waals surface area contributed by atoms with Crippen molar-refractivity contribution in [1.82, 2.24) is 0 Å². The van der Waals surface area contributed by atoms with Crippen molar-refractivity contribution in [3.05, 3.63) is 28.8 Å². The van der Waals surface area contributed by atoms with E-state index >= 15 is 0 Å². The molecule has 2 rings (SSSR count). The topological polar surface area (TPSA) is 79.1 Å². The molecule has 15 heavy (non-hydrogen) atoms. The van der Waals surface area contributed by atoms with Crippen LogP contribution in [0.15, 0.2) is 23.2 Å². The van der Waals surface area contributed by atoms with E-state index in [9.17, 15) is 4.57 Å². The summed E-state index contributed by atoms with van der Waals surface area (Å²) in [7, 11) is -4.51. The molecule has 0 saturated carbocycles. The zero-order chi connectivity index (χ0) is 10.9. The van der Waals surface area contributed by atoms with Crippen LogP contribution in [-0.2, 0) is 4.57 Å². The van der Waals surface area contributed by atoms with Crippen molar-refractivity contribution in [2.45, 2.75) is 6.42 Å². The van der Waals surface area contributed by atoms with Gasteiger partial charge in [0, 0.05) is 6.54 Å². The summed E-state index contributed by atoms with van der Waals surface area (Å²) in [4.78, 5) is 21.6. The lowest BCUT2D eigenvalue weighted by atomic mass is 10.2. The van der Waals surface area contributed by atoms with Crippen molar-refractivity contribution in [2.24, 2.45) is 4.99 Å². The molecule has 0 fully saturated rings. The first-order chi connectivity index (χ1) is 7.06. The Morgan fingerprint density at radius 2 is 2.20 bits per heavy atom. The minimum absolute atomic E-state index is 0.136. The third kappa shape index (κ3) is 2.45. The molecule has 6 heteroatoms. The highest BCUT2D eigenvalue weighted by atomic mass is 31.2. The van der Waals surface area contributed by atoms with Crippen LogP contribution in [-0.4, -0.2) is 16.3 Å². The van der Waals surface area contributed by atoms with Crippen molar-refractivity contribution < 1.29 is 18.9 Å². The van der Waals surface area contributed by atoms with Crippen LogP contribution in [0, 0.1) is 0 Å². The second-order valence-electron chi connectivity index (χ2n) is 3.15. The quantitative estimate of drug-likeness (QED) is 0.695. The van der Waals surface area contributed by atoms with Gasteiger partial charge >= 0.3 is 7.82 Å². The van der Waals surface area contributed by atoms with Gasteiger partial charge in [0.05, 0.1) is 0 Å². The fourth-order valence-electron chi connectivity index (χ4n) is 1.47. The smallest absolute Gasteiger partial charge is 0.402 e. The number of rotatable bonds is 2. The molecule has 5 nitrogen and oxygen atoms in total. The maximum absolute atomic E-state index is 10.7. The average Bonchev–Trinajstić information content (AvgIpc) is 2.16. The standard InChI is InChI=1S/C9H10NO4P/c11-15(12,13)14-8-5-1-3-7-4-2-6-10-9(7)8/h1,3-5H,2,6H2,(H2,11,12,13). The molecule has 1 heterocycles. The summed E-state index contributed by atoms with van der Waals surface area (Å²) in [6, 6.07) is 5.02. The van der Waals surface area contributed by atoms with Crippen molar-refractivity contribution in [3.8, 4) is 5.75 Å². The number of benzene rings is 1. The molecule has 1 aromatic carbocycles. The molecule has 0 radical (unpaired) electrons. The summed E-state index contributed by atoms with van der Waals surface area (Å²) < 4.78 is 15.3. The van der Waals surface area contributed by atoms with Gasteiger partial charge in [0.25, 0.3) is 0 Å². The van der Waals surface area contributed by atoms with E-state index in [1.807, 2.05) is 12.1 Å². The summed E-state index contributed by atoms with van der Waals surface area (Å²) >= 11 is 0. The molecule has 0 saturated heterocycles. The van der Waals surface area contributed by atoms with Gasteiger partial charge in [-0.2, -0.15) is 0 Å². The van der Waals surface area contributed by atoms with E-state index in [1.54, 1.807) is 6.07 Å². The average molecular weight is 227 g/mol. The largest absolute Gasteiger partial charge is 0.524 e. The second-order valence-corrected chi connectivity index (χ2v) is 4.31. The maximum Gasteiger partial charge on any atom is 0.524 e. The Kier molecular flexibility index (Phi) is 2.61. The molecule has 80 valence electrons. The van der Waals surface area contributed by atoms with Crippen molar-refractivity contribution in [2.75, 3.05) is 6.54 Å². The molecule has 0 bridgehead atoms. The van der Waals surface area contributed by atoms with Gasteiger partial charge in [-0.1, -0.05) is 18.2 Å². The highest BCUT2D eigenvalue weighted by Crippen LogP contribution is 2.35. The van der Waals surface area contributed by atoms with Gasteiger partial charge in [-0.25, -0.2) is 4.57 Å². The molecular weight excluding hydrogens is 217 g/mol. The minimum Gasteiger partial charge on any atom is -0.402 e. The SMILES string of the molecule is O=P(O)(O)Oc1cccc2c1=NCCC=2. The summed E-state index contributed by atoms with van der Waals surface area (Å²) in [6.45, 7) is 0.620. The molecule has 0 spiro atoms. The van der Waals surface area contributed by atoms with E-state index < -0.39 is 7.82 Å². The van der Waals surface area contributed by atoms with Crippen LogP contribution in [0.3, 0.4) is 0 Å². The van der Waals surface area contributed by atoms with Crippen LogP contribution in [0.2, 0.25) is 0 Å². The fraction of sp³-hybridized carbons (Fsp3) is 0.222. The fourth-order valence-corrected chi connectivity index (χ4v) is 1.87. The van der Waals surface area contributed by atoms with Crippen molar-refractivity contribution in [3.63, 3.8) is 0 Å². The molecule has 1 aliphatic rings. The Labute approximate surface area is 86.0 Å². The van der Waals surface area contributed by atoms with Crippen LogP contribution in [0.4, 0.5) is 0 Å². The molecule has 0 aromatic heterocycles. The van der Waals surface area contributed by atoms with Crippen molar-refractivity contribution in [1.29, 1.82) is 0 Å². The molecule has 0 amide bonds. The predicted octanol–water partition coefficient (Wildman–Crippen LogP) is -0.0381. The predicted molar refractivity (Wildman–Crippen MR) is 53.8 cm³/mol. The van der Waals surface area contributed by atoms with Crippen LogP contribution >= 0.6 is 7.82 Å².